The van der Waals surface area contributed by atoms with E-state index < -0.39 is 17.6 Å². The summed E-state index contributed by atoms with van der Waals surface area (Å²) in [7, 11) is -0.115. The van der Waals surface area contributed by atoms with Crippen LogP contribution in [0.3, 0.4) is 0 Å². The highest BCUT2D eigenvalue weighted by Crippen LogP contribution is 2.67. The molecule has 23 heavy (non-hydrogen) atoms. The van der Waals surface area contributed by atoms with Crippen LogP contribution in [0.15, 0.2) is 0 Å². The molecule has 0 amide bonds. The minimum absolute atomic E-state index is 0.00240. The molecule has 133 valence electrons. The van der Waals surface area contributed by atoms with Gasteiger partial charge < -0.3 is 13.3 Å². The van der Waals surface area contributed by atoms with Crippen LogP contribution in [-0.2, 0) is 18.1 Å². The van der Waals surface area contributed by atoms with Crippen molar-refractivity contribution in [3.05, 3.63) is 0 Å². The number of fused-ring (bicyclic) bond motifs is 2. The Hall–Kier alpha value is -0.176. The first-order valence-electron chi connectivity index (χ1n) is 8.67. The Balaban J connectivity index is 2.23. The van der Waals surface area contributed by atoms with Gasteiger partial charge in [-0.15, -0.1) is 0 Å². The average molecular weight is 358 g/mol. The van der Waals surface area contributed by atoms with Crippen molar-refractivity contribution < 1.29 is 18.1 Å². The molecule has 2 saturated carbocycles. The summed E-state index contributed by atoms with van der Waals surface area (Å²) in [5.41, 5.74) is 0. The molecular weight excluding hydrogens is 324 g/mol. The SMILES string of the molecule is CO[Si](OC)C12CC(C)C(CC1C(=O)O[Si](C)(C)C(C)(C)C)C2. The van der Waals surface area contributed by atoms with Crippen LogP contribution >= 0.6 is 0 Å². The van der Waals surface area contributed by atoms with E-state index in [-0.39, 0.29) is 22.0 Å². The van der Waals surface area contributed by atoms with E-state index in [1.807, 2.05) is 0 Å². The van der Waals surface area contributed by atoms with Gasteiger partial charge in [0.05, 0.1) is 5.92 Å². The third-order valence-corrected chi connectivity index (χ3v) is 13.2. The number of carbonyl (C=O) groups excluding carboxylic acids is 1. The van der Waals surface area contributed by atoms with Gasteiger partial charge in [-0.2, -0.15) is 0 Å². The normalized spacial score (nSPS) is 34.2. The van der Waals surface area contributed by atoms with Gasteiger partial charge in [0.1, 0.15) is 0 Å². The predicted octanol–water partition coefficient (Wildman–Crippen LogP) is 4.12. The maximum absolute atomic E-state index is 13.1. The lowest BCUT2D eigenvalue weighted by Crippen LogP contribution is -2.48. The Morgan fingerprint density at radius 1 is 1.17 bits per heavy atom. The standard InChI is InChI=1S/C17H33O4Si2/c1-12-10-17(22(19-5)20-6)11-13(12)9-14(17)15(18)21-23(7,8)16(2,3)4/h12-14H,9-11H2,1-8H3. The topological polar surface area (TPSA) is 44.8 Å². The molecule has 4 unspecified atom stereocenters. The zero-order chi connectivity index (χ0) is 17.6. The average Bonchev–Trinajstić information content (AvgIpc) is 2.93. The highest BCUT2D eigenvalue weighted by Gasteiger charge is 2.64. The Kier molecular flexibility index (Phi) is 5.23. The maximum Gasteiger partial charge on any atom is 0.391 e. The zero-order valence-corrected chi connectivity index (χ0v) is 18.0. The van der Waals surface area contributed by atoms with Crippen LogP contribution in [0.2, 0.25) is 23.2 Å². The van der Waals surface area contributed by atoms with E-state index in [1.165, 1.54) is 0 Å². The lowest BCUT2D eigenvalue weighted by molar-refractivity contribution is -0.142. The van der Waals surface area contributed by atoms with Gasteiger partial charge in [0.25, 0.3) is 14.3 Å². The fourth-order valence-corrected chi connectivity index (χ4v) is 7.59. The molecule has 4 atom stereocenters. The summed E-state index contributed by atoms with van der Waals surface area (Å²) >= 11 is 0. The van der Waals surface area contributed by atoms with E-state index in [1.54, 1.807) is 14.2 Å². The largest absolute Gasteiger partial charge is 0.519 e. The minimum atomic E-state index is -2.09. The first kappa shape index (κ1) is 19.2. The molecule has 2 bridgehead atoms. The fourth-order valence-electron chi connectivity index (χ4n) is 4.22. The van der Waals surface area contributed by atoms with Crippen molar-refractivity contribution in [3.63, 3.8) is 0 Å². The molecule has 0 aromatic heterocycles. The molecular formula is C17H33O4Si2. The minimum Gasteiger partial charge on any atom is -0.519 e. The Morgan fingerprint density at radius 3 is 2.17 bits per heavy atom. The molecule has 0 N–H and O–H groups in total. The van der Waals surface area contributed by atoms with Crippen LogP contribution < -0.4 is 0 Å². The third kappa shape index (κ3) is 3.19. The first-order valence-corrected chi connectivity index (χ1v) is 12.9. The van der Waals surface area contributed by atoms with Gasteiger partial charge in [0.2, 0.25) is 0 Å². The predicted molar refractivity (Wildman–Crippen MR) is 95.7 cm³/mol. The van der Waals surface area contributed by atoms with Crippen molar-refractivity contribution in [2.45, 2.75) is 70.1 Å². The monoisotopic (exact) mass is 357 g/mol. The van der Waals surface area contributed by atoms with Crippen molar-refractivity contribution in [1.82, 2.24) is 0 Å². The highest BCUT2D eigenvalue weighted by molar-refractivity contribution is 6.75. The van der Waals surface area contributed by atoms with E-state index in [2.05, 4.69) is 40.8 Å². The van der Waals surface area contributed by atoms with Crippen molar-refractivity contribution in [1.29, 1.82) is 0 Å². The van der Waals surface area contributed by atoms with Crippen LogP contribution in [0.25, 0.3) is 0 Å². The van der Waals surface area contributed by atoms with Crippen molar-refractivity contribution >= 4 is 23.6 Å². The first-order chi connectivity index (χ1) is 10.5. The lowest BCUT2D eigenvalue weighted by Gasteiger charge is -2.41. The van der Waals surface area contributed by atoms with Gasteiger partial charge in [0, 0.05) is 19.3 Å². The van der Waals surface area contributed by atoms with Gasteiger partial charge in [-0.3, -0.25) is 4.79 Å². The maximum atomic E-state index is 13.1. The molecule has 4 nitrogen and oxygen atoms in total. The smallest absolute Gasteiger partial charge is 0.391 e. The molecule has 6 heteroatoms. The zero-order valence-electron chi connectivity index (χ0n) is 16.0. The Labute approximate surface area is 144 Å². The molecule has 2 aliphatic carbocycles. The molecule has 1 radical (unpaired) electrons. The van der Waals surface area contributed by atoms with Crippen molar-refractivity contribution in [2.24, 2.45) is 17.8 Å². The van der Waals surface area contributed by atoms with E-state index in [0.717, 1.165) is 19.3 Å². The number of hydrogen-bond acceptors (Lipinski definition) is 4. The lowest BCUT2D eigenvalue weighted by atomic mass is 9.82. The summed E-state index contributed by atoms with van der Waals surface area (Å²) in [5.74, 6) is 1.21. The van der Waals surface area contributed by atoms with Crippen LogP contribution in [0.1, 0.15) is 47.0 Å². The molecule has 0 aliphatic heterocycles. The van der Waals surface area contributed by atoms with Gasteiger partial charge >= 0.3 is 9.28 Å². The van der Waals surface area contributed by atoms with E-state index in [4.69, 9.17) is 13.3 Å². The third-order valence-electron chi connectivity index (χ3n) is 6.55. The summed E-state index contributed by atoms with van der Waals surface area (Å²) < 4.78 is 17.6. The van der Waals surface area contributed by atoms with Crippen LogP contribution in [0.5, 0.6) is 0 Å². The van der Waals surface area contributed by atoms with Gasteiger partial charge in [-0.1, -0.05) is 27.7 Å². The number of carbonyl (C=O) groups is 1. The fraction of sp³-hybridized carbons (Fsp3) is 0.941. The molecule has 0 saturated heterocycles. The van der Waals surface area contributed by atoms with Gasteiger partial charge in [0.15, 0.2) is 0 Å². The van der Waals surface area contributed by atoms with Gasteiger partial charge in [-0.05, 0) is 49.2 Å². The van der Waals surface area contributed by atoms with Crippen molar-refractivity contribution in [2.75, 3.05) is 14.2 Å². The van der Waals surface area contributed by atoms with Crippen LogP contribution in [-0.4, -0.2) is 37.8 Å². The second kappa shape index (κ2) is 6.28. The van der Waals surface area contributed by atoms with E-state index in [9.17, 15) is 4.79 Å². The number of rotatable bonds is 5. The van der Waals surface area contributed by atoms with Crippen LogP contribution in [0, 0.1) is 17.8 Å². The van der Waals surface area contributed by atoms with E-state index in [0.29, 0.717) is 11.8 Å². The highest BCUT2D eigenvalue weighted by atomic mass is 28.4. The quantitative estimate of drug-likeness (QED) is 0.694. The summed E-state index contributed by atoms with van der Waals surface area (Å²) in [5, 5.41) is -0.0747. The summed E-state index contributed by atoms with van der Waals surface area (Å²) in [4.78, 5) is 13.1. The molecule has 2 aliphatic rings. The van der Waals surface area contributed by atoms with Gasteiger partial charge in [-0.25, -0.2) is 0 Å². The second-order valence-electron chi connectivity index (χ2n) is 8.97. The summed E-state index contributed by atoms with van der Waals surface area (Å²) in [6, 6.07) is 0. The molecule has 0 aromatic carbocycles. The number of hydrogen-bond donors (Lipinski definition) is 0. The molecule has 2 fully saturated rings. The summed E-state index contributed by atoms with van der Waals surface area (Å²) in [6.45, 7) is 13.1. The molecule has 0 heterocycles. The molecule has 0 aromatic rings. The summed E-state index contributed by atoms with van der Waals surface area (Å²) in [6.07, 6.45) is 3.03. The Morgan fingerprint density at radius 2 is 1.74 bits per heavy atom. The second-order valence-corrected chi connectivity index (χ2v) is 16.1. The Bertz CT molecular complexity index is 452. The van der Waals surface area contributed by atoms with Crippen molar-refractivity contribution in [3.8, 4) is 0 Å². The molecule has 0 spiro atoms. The van der Waals surface area contributed by atoms with Crippen LogP contribution in [0.4, 0.5) is 0 Å². The van der Waals surface area contributed by atoms with E-state index >= 15 is 0 Å². The molecule has 2 rings (SSSR count).